The molecule has 9 heavy (non-hydrogen) atoms. The van der Waals surface area contributed by atoms with Crippen LogP contribution in [0.2, 0.25) is 0 Å². The number of carbonyl (C=O) groups is 1. The molecule has 0 atom stereocenters. The molecule has 1 saturated carbocycles. The van der Waals surface area contributed by atoms with E-state index in [4.69, 9.17) is 2.64 Å². The van der Waals surface area contributed by atoms with Crippen molar-refractivity contribution in [3.63, 3.8) is 0 Å². The Morgan fingerprint density at radius 3 is 2.44 bits per heavy atom. The molecular formula is C6H9HgO2. The van der Waals surface area contributed by atoms with Gasteiger partial charge >= 0.3 is 71.6 Å². The van der Waals surface area contributed by atoms with Crippen molar-refractivity contribution in [2.45, 2.75) is 25.7 Å². The standard InChI is InChI=1S/C6H10O2.Hg/c7-6(8)5-3-1-2-4-5;/h5H,1-4H2,(H,7,8);/q;+1/p-1. The average Bonchev–Trinajstić information content (AvgIpc) is 2.37. The van der Waals surface area contributed by atoms with Crippen LogP contribution in [-0.2, 0) is 34.0 Å². The fourth-order valence-electron chi connectivity index (χ4n) is 1.28. The molecule has 0 amide bonds. The first-order chi connectivity index (χ1) is 4.34. The average molecular weight is 314 g/mol. The van der Waals surface area contributed by atoms with Gasteiger partial charge in [0, 0.05) is 0 Å². The van der Waals surface area contributed by atoms with Crippen molar-refractivity contribution in [2.24, 2.45) is 5.92 Å². The molecule has 0 unspecified atom stereocenters. The van der Waals surface area contributed by atoms with Crippen LogP contribution in [0.1, 0.15) is 25.7 Å². The number of carbonyl (C=O) groups excluding carboxylic acids is 1. The van der Waals surface area contributed by atoms with E-state index in [9.17, 15) is 4.79 Å². The van der Waals surface area contributed by atoms with Gasteiger partial charge in [0.15, 0.2) is 0 Å². The predicted octanol–water partition coefficient (Wildman–Crippen LogP) is 1.18. The molecule has 0 bridgehead atoms. The van der Waals surface area contributed by atoms with Gasteiger partial charge in [-0.2, -0.15) is 0 Å². The van der Waals surface area contributed by atoms with Crippen LogP contribution in [0.15, 0.2) is 0 Å². The summed E-state index contributed by atoms with van der Waals surface area (Å²) < 4.78 is 4.79. The van der Waals surface area contributed by atoms with Crippen molar-refractivity contribution in [2.75, 3.05) is 0 Å². The Bertz CT molecular complexity index is 108. The topological polar surface area (TPSA) is 26.3 Å². The molecular weight excluding hydrogens is 305 g/mol. The fraction of sp³-hybridized carbons (Fsp3) is 0.833. The van der Waals surface area contributed by atoms with Crippen molar-refractivity contribution >= 4 is 5.97 Å². The molecule has 0 spiro atoms. The maximum absolute atomic E-state index is 10.8. The summed E-state index contributed by atoms with van der Waals surface area (Å²) in [5.41, 5.74) is 0. The van der Waals surface area contributed by atoms with Gasteiger partial charge in [0.25, 0.3) is 0 Å². The maximum atomic E-state index is 10.8. The zero-order chi connectivity index (χ0) is 6.69. The van der Waals surface area contributed by atoms with E-state index in [2.05, 4.69) is 0 Å². The van der Waals surface area contributed by atoms with Gasteiger partial charge in [-0.15, -0.1) is 0 Å². The first kappa shape index (κ1) is 7.51. The van der Waals surface area contributed by atoms with E-state index in [1.165, 1.54) is 12.8 Å². The second kappa shape index (κ2) is 3.54. The number of hydrogen-bond donors (Lipinski definition) is 0. The molecule has 0 aliphatic heterocycles. The monoisotopic (exact) mass is 315 g/mol. The summed E-state index contributed by atoms with van der Waals surface area (Å²) in [4.78, 5) is 10.8. The summed E-state index contributed by atoms with van der Waals surface area (Å²) in [6.07, 6.45) is 4.56. The van der Waals surface area contributed by atoms with Crippen LogP contribution in [0.5, 0.6) is 0 Å². The van der Waals surface area contributed by atoms with Gasteiger partial charge < -0.3 is 0 Å². The van der Waals surface area contributed by atoms with Gasteiger partial charge in [-0.3, -0.25) is 0 Å². The molecule has 47 valence electrons. The Hall–Kier alpha value is 0.405. The fourth-order valence-corrected chi connectivity index (χ4v) is 2.20. The Labute approximate surface area is 71.6 Å². The summed E-state index contributed by atoms with van der Waals surface area (Å²) in [7, 11) is 0. The Morgan fingerprint density at radius 2 is 2.00 bits per heavy atom. The first-order valence-electron chi connectivity index (χ1n) is 3.30. The molecule has 1 rings (SSSR count). The van der Waals surface area contributed by atoms with Gasteiger partial charge in [0.2, 0.25) is 0 Å². The zero-order valence-electron chi connectivity index (χ0n) is 5.43. The second-order valence-electron chi connectivity index (χ2n) is 2.44. The van der Waals surface area contributed by atoms with E-state index in [0.717, 1.165) is 12.8 Å². The van der Waals surface area contributed by atoms with Crippen molar-refractivity contribution < 1.29 is 34.0 Å². The zero-order valence-corrected chi connectivity index (χ0v) is 10.9. The van der Waals surface area contributed by atoms with E-state index < -0.39 is 0 Å². The third-order valence-corrected chi connectivity index (χ3v) is 2.94. The van der Waals surface area contributed by atoms with Crippen LogP contribution >= 0.6 is 0 Å². The second-order valence-corrected chi connectivity index (χ2v) is 3.57. The van der Waals surface area contributed by atoms with Crippen LogP contribution in [0, 0.1) is 5.92 Å². The molecule has 3 heteroatoms. The van der Waals surface area contributed by atoms with Crippen LogP contribution < -0.4 is 0 Å². The summed E-state index contributed by atoms with van der Waals surface area (Å²) in [5.74, 6) is 0.332. The molecule has 0 radical (unpaired) electrons. The molecule has 0 heterocycles. The first-order valence-corrected chi connectivity index (χ1v) is 5.55. The Kier molecular flexibility index (Phi) is 2.96. The van der Waals surface area contributed by atoms with E-state index in [1.54, 1.807) is 0 Å². The molecule has 0 N–H and O–H groups in total. The minimum absolute atomic E-state index is 0.0656. The number of rotatable bonds is 1. The van der Waals surface area contributed by atoms with Crippen LogP contribution in [0.4, 0.5) is 0 Å². The summed E-state index contributed by atoms with van der Waals surface area (Å²) >= 11 is 0.198. The minimum atomic E-state index is 0.0656. The van der Waals surface area contributed by atoms with Gasteiger partial charge in [0.1, 0.15) is 0 Å². The Morgan fingerprint density at radius 1 is 1.44 bits per heavy atom. The summed E-state index contributed by atoms with van der Waals surface area (Å²) in [6.45, 7) is 0. The summed E-state index contributed by atoms with van der Waals surface area (Å²) in [5, 5.41) is 0. The number of hydrogen-bond acceptors (Lipinski definition) is 2. The van der Waals surface area contributed by atoms with Crippen molar-refractivity contribution in [1.29, 1.82) is 0 Å². The van der Waals surface area contributed by atoms with Crippen molar-refractivity contribution in [3.05, 3.63) is 0 Å². The van der Waals surface area contributed by atoms with Crippen LogP contribution in [0.3, 0.4) is 0 Å². The molecule has 0 aromatic carbocycles. The third kappa shape index (κ3) is 1.92. The third-order valence-electron chi connectivity index (χ3n) is 1.83. The molecule has 1 fully saturated rings. The molecule has 0 aromatic heterocycles. The normalized spacial score (nSPS) is 20.2. The van der Waals surface area contributed by atoms with Crippen LogP contribution in [-0.4, -0.2) is 5.97 Å². The SMILES string of the molecule is O=C([O][Hg])C1CCCC1. The van der Waals surface area contributed by atoms with Crippen molar-refractivity contribution in [3.8, 4) is 0 Å². The van der Waals surface area contributed by atoms with E-state index in [-0.39, 0.29) is 38.5 Å². The van der Waals surface area contributed by atoms with Gasteiger partial charge in [-0.05, 0) is 0 Å². The van der Waals surface area contributed by atoms with Gasteiger partial charge in [-0.25, -0.2) is 0 Å². The van der Waals surface area contributed by atoms with E-state index >= 15 is 0 Å². The Balaban J connectivity index is 2.32. The molecule has 0 aromatic rings. The molecule has 1 aliphatic carbocycles. The van der Waals surface area contributed by atoms with Crippen LogP contribution in [0.25, 0.3) is 0 Å². The van der Waals surface area contributed by atoms with E-state index in [1.807, 2.05) is 0 Å². The molecule has 2 nitrogen and oxygen atoms in total. The van der Waals surface area contributed by atoms with E-state index in [0.29, 0.717) is 0 Å². The predicted molar refractivity (Wildman–Crippen MR) is 28.0 cm³/mol. The molecule has 1 aliphatic rings. The van der Waals surface area contributed by atoms with Gasteiger partial charge in [-0.1, -0.05) is 0 Å². The quantitative estimate of drug-likeness (QED) is 0.680. The molecule has 0 saturated heterocycles. The van der Waals surface area contributed by atoms with Gasteiger partial charge in [0.05, 0.1) is 0 Å². The summed E-state index contributed by atoms with van der Waals surface area (Å²) in [6, 6.07) is 0. The van der Waals surface area contributed by atoms with Crippen molar-refractivity contribution in [1.82, 2.24) is 0 Å².